The molecule has 0 aliphatic carbocycles. The number of ether oxygens (including phenoxy) is 1. The summed E-state index contributed by atoms with van der Waals surface area (Å²) in [5.74, 6) is 3.49. The van der Waals surface area contributed by atoms with E-state index >= 15 is 0 Å². The Kier molecular flexibility index (Phi) is 5.17. The molecule has 2 aromatic carbocycles. The van der Waals surface area contributed by atoms with Gasteiger partial charge in [-0.05, 0) is 36.8 Å². The van der Waals surface area contributed by atoms with Gasteiger partial charge in [0.2, 0.25) is 4.96 Å². The van der Waals surface area contributed by atoms with E-state index in [0.29, 0.717) is 6.61 Å². The highest BCUT2D eigenvalue weighted by atomic mass is 32.2. The van der Waals surface area contributed by atoms with Crippen LogP contribution in [0.15, 0.2) is 54.6 Å². The fourth-order valence-corrected chi connectivity index (χ4v) is 4.32. The van der Waals surface area contributed by atoms with E-state index in [9.17, 15) is 0 Å². The largest absolute Gasteiger partial charge is 0.494 e. The van der Waals surface area contributed by atoms with Gasteiger partial charge in [-0.25, -0.2) is 0 Å². The maximum Gasteiger partial charge on any atom is 0.235 e. The molecule has 0 fully saturated rings. The molecule has 0 saturated carbocycles. The van der Waals surface area contributed by atoms with Gasteiger partial charge in [0, 0.05) is 11.3 Å². The summed E-state index contributed by atoms with van der Waals surface area (Å²) in [6.45, 7) is 2.65. The third kappa shape index (κ3) is 3.73. The van der Waals surface area contributed by atoms with E-state index in [4.69, 9.17) is 9.84 Å². The van der Waals surface area contributed by atoms with Crippen molar-refractivity contribution in [2.24, 2.45) is 0 Å². The number of nitrogens with zero attached hydrogens (tertiary/aromatic N) is 4. The van der Waals surface area contributed by atoms with Crippen LogP contribution in [0.5, 0.6) is 5.75 Å². The van der Waals surface area contributed by atoms with Crippen LogP contribution in [0.3, 0.4) is 0 Å². The standard InChI is InChI=1S/C19H18N4OS2/c1-2-24-16-10-8-15(9-11-16)18-22-23-17(20-21-19(23)26-18)13-25-12-14-6-4-3-5-7-14/h3-11H,2,12-13H2,1H3. The number of benzene rings is 2. The summed E-state index contributed by atoms with van der Waals surface area (Å²) in [4.78, 5) is 0.823. The zero-order valence-corrected chi connectivity index (χ0v) is 16.0. The second-order valence-electron chi connectivity index (χ2n) is 5.65. The highest BCUT2D eigenvalue weighted by Crippen LogP contribution is 2.28. The molecule has 0 N–H and O–H groups in total. The van der Waals surface area contributed by atoms with Crippen molar-refractivity contribution >= 4 is 28.1 Å². The summed E-state index contributed by atoms with van der Waals surface area (Å²) < 4.78 is 7.35. The quantitative estimate of drug-likeness (QED) is 0.464. The fourth-order valence-electron chi connectivity index (χ4n) is 2.56. The first-order valence-electron chi connectivity index (χ1n) is 8.39. The molecule has 0 bridgehead atoms. The molecule has 2 aromatic heterocycles. The van der Waals surface area contributed by atoms with Gasteiger partial charge in [-0.1, -0.05) is 41.7 Å². The average molecular weight is 383 g/mol. The van der Waals surface area contributed by atoms with E-state index in [2.05, 4.69) is 34.5 Å². The van der Waals surface area contributed by atoms with Gasteiger partial charge in [-0.2, -0.15) is 9.61 Å². The monoisotopic (exact) mass is 382 g/mol. The topological polar surface area (TPSA) is 52.3 Å². The second kappa shape index (κ2) is 7.88. The molecular formula is C19H18N4OS2. The minimum atomic E-state index is 0.667. The smallest absolute Gasteiger partial charge is 0.235 e. The Hall–Kier alpha value is -2.38. The van der Waals surface area contributed by atoms with Crippen molar-refractivity contribution in [2.75, 3.05) is 6.61 Å². The molecule has 0 atom stereocenters. The van der Waals surface area contributed by atoms with Gasteiger partial charge in [-0.3, -0.25) is 0 Å². The minimum Gasteiger partial charge on any atom is -0.494 e. The van der Waals surface area contributed by atoms with Gasteiger partial charge < -0.3 is 4.74 Å². The van der Waals surface area contributed by atoms with Crippen molar-refractivity contribution in [1.82, 2.24) is 19.8 Å². The number of hydrogen-bond donors (Lipinski definition) is 0. The predicted octanol–water partition coefficient (Wildman–Crippen LogP) is 4.68. The number of thioether (sulfide) groups is 1. The van der Waals surface area contributed by atoms with Crippen LogP contribution in [0, 0.1) is 0 Å². The predicted molar refractivity (Wildman–Crippen MR) is 107 cm³/mol. The van der Waals surface area contributed by atoms with Crippen molar-refractivity contribution in [3.05, 3.63) is 66.0 Å². The summed E-state index contributed by atoms with van der Waals surface area (Å²) in [5.41, 5.74) is 2.37. The lowest BCUT2D eigenvalue weighted by Crippen LogP contribution is -1.95. The second-order valence-corrected chi connectivity index (χ2v) is 7.60. The minimum absolute atomic E-state index is 0.667. The van der Waals surface area contributed by atoms with E-state index in [1.807, 2.05) is 53.5 Å². The number of fused-ring (bicyclic) bond motifs is 1. The Bertz CT molecular complexity index is 980. The molecule has 0 spiro atoms. The van der Waals surface area contributed by atoms with Crippen LogP contribution >= 0.6 is 23.1 Å². The Morgan fingerprint density at radius 3 is 2.58 bits per heavy atom. The third-order valence-corrected chi connectivity index (χ3v) is 5.76. The van der Waals surface area contributed by atoms with Gasteiger partial charge in [0.05, 0.1) is 12.4 Å². The van der Waals surface area contributed by atoms with E-state index in [1.165, 1.54) is 5.56 Å². The fraction of sp³-hybridized carbons (Fsp3) is 0.211. The molecule has 0 unspecified atom stereocenters. The lowest BCUT2D eigenvalue weighted by atomic mass is 10.2. The lowest BCUT2D eigenvalue weighted by molar-refractivity contribution is 0.340. The maximum absolute atomic E-state index is 5.49. The first-order valence-corrected chi connectivity index (χ1v) is 10.4. The Morgan fingerprint density at radius 1 is 1.00 bits per heavy atom. The van der Waals surface area contributed by atoms with Crippen LogP contribution < -0.4 is 4.74 Å². The first kappa shape index (κ1) is 17.1. The number of rotatable bonds is 7. The molecule has 2 heterocycles. The van der Waals surface area contributed by atoms with Crippen LogP contribution in [0.2, 0.25) is 0 Å². The van der Waals surface area contributed by atoms with Crippen LogP contribution in [-0.4, -0.2) is 26.4 Å². The molecule has 0 saturated heterocycles. The van der Waals surface area contributed by atoms with Crippen molar-refractivity contribution < 1.29 is 4.74 Å². The third-order valence-electron chi connectivity index (χ3n) is 3.81. The summed E-state index contributed by atoms with van der Waals surface area (Å²) in [6.07, 6.45) is 0. The molecule has 0 radical (unpaired) electrons. The zero-order valence-electron chi connectivity index (χ0n) is 14.3. The number of aromatic nitrogens is 4. The summed E-state index contributed by atoms with van der Waals surface area (Å²) >= 11 is 3.36. The van der Waals surface area contributed by atoms with Gasteiger partial charge in [0.1, 0.15) is 10.8 Å². The van der Waals surface area contributed by atoms with Crippen molar-refractivity contribution in [3.63, 3.8) is 0 Å². The lowest BCUT2D eigenvalue weighted by Gasteiger charge is -2.02. The molecular weight excluding hydrogens is 364 g/mol. The van der Waals surface area contributed by atoms with Crippen molar-refractivity contribution in [3.8, 4) is 16.3 Å². The highest BCUT2D eigenvalue weighted by molar-refractivity contribution is 7.97. The molecule has 0 amide bonds. The Morgan fingerprint density at radius 2 is 1.81 bits per heavy atom. The molecule has 7 heteroatoms. The van der Waals surface area contributed by atoms with E-state index in [0.717, 1.165) is 38.6 Å². The van der Waals surface area contributed by atoms with Gasteiger partial charge in [0.25, 0.3) is 0 Å². The van der Waals surface area contributed by atoms with E-state index in [-0.39, 0.29) is 0 Å². The molecule has 132 valence electrons. The van der Waals surface area contributed by atoms with Gasteiger partial charge in [-0.15, -0.1) is 22.0 Å². The maximum atomic E-state index is 5.49. The molecule has 26 heavy (non-hydrogen) atoms. The summed E-state index contributed by atoms with van der Waals surface area (Å²) in [5, 5.41) is 14.2. The van der Waals surface area contributed by atoms with Gasteiger partial charge in [0.15, 0.2) is 5.82 Å². The van der Waals surface area contributed by atoms with Gasteiger partial charge >= 0.3 is 0 Å². The molecule has 0 aliphatic rings. The van der Waals surface area contributed by atoms with E-state index < -0.39 is 0 Å². The van der Waals surface area contributed by atoms with Crippen LogP contribution in [0.1, 0.15) is 18.3 Å². The highest BCUT2D eigenvalue weighted by Gasteiger charge is 2.13. The number of hydrogen-bond acceptors (Lipinski definition) is 6. The van der Waals surface area contributed by atoms with Crippen LogP contribution in [-0.2, 0) is 11.5 Å². The molecule has 0 aliphatic heterocycles. The zero-order chi connectivity index (χ0) is 17.8. The summed E-state index contributed by atoms with van der Waals surface area (Å²) in [7, 11) is 0. The Labute approximate surface area is 160 Å². The normalized spacial score (nSPS) is 11.1. The average Bonchev–Trinajstić information content (AvgIpc) is 3.25. The SMILES string of the molecule is CCOc1ccc(-c2nn3c(CSCc4ccccc4)nnc3s2)cc1. The van der Waals surface area contributed by atoms with E-state index in [1.54, 1.807) is 11.3 Å². The Balaban J connectivity index is 1.48. The van der Waals surface area contributed by atoms with Crippen LogP contribution in [0.25, 0.3) is 15.5 Å². The van der Waals surface area contributed by atoms with Crippen molar-refractivity contribution in [1.29, 1.82) is 0 Å². The summed E-state index contributed by atoms with van der Waals surface area (Å²) in [6, 6.07) is 18.4. The molecule has 5 nitrogen and oxygen atoms in total. The first-order chi connectivity index (χ1) is 12.8. The molecule has 4 rings (SSSR count). The van der Waals surface area contributed by atoms with Crippen LogP contribution in [0.4, 0.5) is 0 Å². The van der Waals surface area contributed by atoms with Crippen molar-refractivity contribution in [2.45, 2.75) is 18.4 Å². The molecule has 4 aromatic rings.